The van der Waals surface area contributed by atoms with Gasteiger partial charge in [0.05, 0.1) is 16.3 Å². The number of aliphatic carboxylic acids is 1. The molecule has 2 aliphatic rings. The number of aromatic nitrogens is 1. The number of carbonyl (C=O) groups is 4. The maximum absolute atomic E-state index is 14.0. The number of fused-ring (bicyclic) bond motifs is 1. The van der Waals surface area contributed by atoms with E-state index in [1.165, 1.54) is 17.8 Å². The number of nitrogens with zero attached hydrogens (tertiary/aromatic N) is 2. The number of benzene rings is 2. The number of carbonyl (C=O) groups excluding carboxylic acids is 3. The molecule has 0 spiro atoms. The van der Waals surface area contributed by atoms with Crippen LogP contribution in [0, 0.1) is 5.92 Å². The molecule has 8 N–H and O–H groups in total. The summed E-state index contributed by atoms with van der Waals surface area (Å²) in [6.07, 6.45) is 2.12. The Labute approximate surface area is 309 Å². The predicted molar refractivity (Wildman–Crippen MR) is 194 cm³/mol. The van der Waals surface area contributed by atoms with Crippen molar-refractivity contribution in [2.75, 3.05) is 19.6 Å². The highest BCUT2D eigenvalue weighted by molar-refractivity contribution is 7.20. The molecule has 0 radical (unpaired) electrons. The third kappa shape index (κ3) is 12.4. The maximum atomic E-state index is 14.0. The summed E-state index contributed by atoms with van der Waals surface area (Å²) >= 11 is 1.29. The van der Waals surface area contributed by atoms with Crippen molar-refractivity contribution in [1.82, 2.24) is 20.9 Å². The zero-order chi connectivity index (χ0) is 38.4. The molecule has 288 valence electrons. The smallest absolute Gasteiger partial charge is 0.475 e. The van der Waals surface area contributed by atoms with E-state index >= 15 is 0 Å². The van der Waals surface area contributed by atoms with Gasteiger partial charge in [0, 0.05) is 19.4 Å². The van der Waals surface area contributed by atoms with E-state index in [9.17, 15) is 27.6 Å². The molecule has 1 aliphatic heterocycles. The molecule has 0 unspecified atom stereocenters. The fourth-order valence-corrected chi connectivity index (χ4v) is 7.49. The number of ketones is 1. The number of hydrogen-bond donors (Lipinski definition) is 6. The third-order valence-corrected chi connectivity index (χ3v) is 10.3. The number of para-hydroxylation sites is 1. The number of amides is 2. The van der Waals surface area contributed by atoms with Crippen LogP contribution in [-0.4, -0.2) is 77.7 Å². The lowest BCUT2D eigenvalue weighted by Gasteiger charge is -2.38. The van der Waals surface area contributed by atoms with Crippen LogP contribution < -0.4 is 27.4 Å². The number of nitrogens with two attached hydrogens (primary N) is 2. The summed E-state index contributed by atoms with van der Waals surface area (Å²) < 4.78 is 38.8. The van der Waals surface area contributed by atoms with Crippen molar-refractivity contribution in [3.8, 4) is 0 Å². The van der Waals surface area contributed by atoms with Crippen LogP contribution in [0.25, 0.3) is 10.2 Å². The van der Waals surface area contributed by atoms with Gasteiger partial charge in [0.15, 0.2) is 11.0 Å². The van der Waals surface area contributed by atoms with Crippen molar-refractivity contribution in [2.45, 2.75) is 88.1 Å². The molecule has 5 rings (SSSR count). The maximum Gasteiger partial charge on any atom is 0.490 e. The molecule has 2 aromatic carbocycles. The van der Waals surface area contributed by atoms with Crippen molar-refractivity contribution in [3.05, 3.63) is 65.2 Å². The summed E-state index contributed by atoms with van der Waals surface area (Å²) in [5.74, 6) is -3.20. The number of ether oxygens (including phenoxy) is 1. The van der Waals surface area contributed by atoms with E-state index in [0.29, 0.717) is 56.7 Å². The number of alkyl carbamates (subject to hydrolysis) is 1. The quantitative estimate of drug-likeness (QED) is 0.0594. The Hall–Kier alpha value is -4.77. The molecule has 1 aliphatic carbocycles. The number of Topliss-reactive ketones (excluding diaryl/α,β-unsaturated/α-hetero) is 1. The minimum absolute atomic E-state index is 0.0321. The van der Waals surface area contributed by atoms with E-state index < -0.39 is 41.8 Å². The number of rotatable bonds is 13. The lowest BCUT2D eigenvalue weighted by atomic mass is 9.84. The molecule has 13 nitrogen and oxygen atoms in total. The number of guanidine groups is 1. The van der Waals surface area contributed by atoms with Crippen molar-refractivity contribution in [1.29, 1.82) is 0 Å². The lowest BCUT2D eigenvalue weighted by molar-refractivity contribution is -0.192. The first-order chi connectivity index (χ1) is 25.3. The molecule has 2 fully saturated rings. The Morgan fingerprint density at radius 3 is 2.25 bits per heavy atom. The van der Waals surface area contributed by atoms with Gasteiger partial charge in [0.2, 0.25) is 11.7 Å². The van der Waals surface area contributed by atoms with Gasteiger partial charge >= 0.3 is 18.2 Å². The van der Waals surface area contributed by atoms with Gasteiger partial charge in [-0.05, 0) is 56.0 Å². The monoisotopic (exact) mass is 761 g/mol. The molecule has 2 heterocycles. The Balaban J connectivity index is 0.000000815. The first-order valence-electron chi connectivity index (χ1n) is 17.6. The van der Waals surface area contributed by atoms with Gasteiger partial charge in [-0.25, -0.2) is 14.6 Å². The van der Waals surface area contributed by atoms with E-state index in [-0.39, 0.29) is 17.7 Å². The predicted octanol–water partition coefficient (Wildman–Crippen LogP) is 4.99. The molecule has 1 aromatic heterocycles. The van der Waals surface area contributed by atoms with E-state index in [2.05, 4.69) is 25.9 Å². The van der Waals surface area contributed by atoms with Gasteiger partial charge < -0.3 is 37.3 Å². The van der Waals surface area contributed by atoms with Crippen LogP contribution >= 0.6 is 11.3 Å². The summed E-state index contributed by atoms with van der Waals surface area (Å²) in [5.41, 5.74) is 11.9. The summed E-state index contributed by atoms with van der Waals surface area (Å²) in [6, 6.07) is 15.6. The highest BCUT2D eigenvalue weighted by atomic mass is 32.1. The van der Waals surface area contributed by atoms with Crippen LogP contribution in [0.1, 0.15) is 79.6 Å². The van der Waals surface area contributed by atoms with E-state index in [1.807, 2.05) is 54.6 Å². The van der Waals surface area contributed by atoms with Crippen LogP contribution in [0.5, 0.6) is 0 Å². The number of thiazole rings is 1. The summed E-state index contributed by atoms with van der Waals surface area (Å²) in [6.45, 7) is 1.74. The average molecular weight is 762 g/mol. The van der Waals surface area contributed by atoms with Gasteiger partial charge in [-0.1, -0.05) is 74.6 Å². The van der Waals surface area contributed by atoms with Crippen molar-refractivity contribution in [2.24, 2.45) is 22.4 Å². The number of carboxylic acids is 1. The number of nitrogens with one attached hydrogen (secondary N) is 3. The molecule has 1 saturated heterocycles. The van der Waals surface area contributed by atoms with Crippen LogP contribution in [0.3, 0.4) is 0 Å². The number of alkyl halides is 3. The molecule has 17 heteroatoms. The number of carboxylic acid groups (broad SMARTS) is 1. The first kappa shape index (κ1) is 41.0. The molecule has 3 aromatic rings. The van der Waals surface area contributed by atoms with Gasteiger partial charge in [-0.15, -0.1) is 11.3 Å². The highest BCUT2D eigenvalue weighted by Crippen LogP contribution is 2.35. The second-order valence-electron chi connectivity index (χ2n) is 13.1. The minimum Gasteiger partial charge on any atom is -0.475 e. The van der Waals surface area contributed by atoms with Crippen LogP contribution in [0.2, 0.25) is 0 Å². The van der Waals surface area contributed by atoms with E-state index in [4.69, 9.17) is 26.1 Å². The fourth-order valence-electron chi connectivity index (χ4n) is 6.53. The minimum atomic E-state index is -5.08. The second kappa shape index (κ2) is 19.3. The van der Waals surface area contributed by atoms with E-state index in [1.54, 1.807) is 0 Å². The Morgan fingerprint density at radius 2 is 1.62 bits per heavy atom. The van der Waals surface area contributed by atoms with Crippen molar-refractivity contribution in [3.63, 3.8) is 0 Å². The number of hydrogen-bond acceptors (Lipinski definition) is 9. The number of piperidine rings is 1. The lowest BCUT2D eigenvalue weighted by Crippen LogP contribution is -2.54. The SMILES string of the molecule is NC(N)=NCCC[C@H](NC(=O)[C@H](CC1CCCCC1)NC(=O)OC1(c2ccccc2)CCNCC1)C(=O)c1nc2ccccc2s1.O=C(O)C(F)(F)F. The zero-order valence-corrected chi connectivity index (χ0v) is 30.0. The number of aliphatic imine (C=N–C) groups is 1. The summed E-state index contributed by atoms with van der Waals surface area (Å²) in [7, 11) is 0. The molecule has 2 amide bonds. The highest BCUT2D eigenvalue weighted by Gasteiger charge is 2.40. The largest absolute Gasteiger partial charge is 0.490 e. The topological polar surface area (TPSA) is 211 Å². The zero-order valence-electron chi connectivity index (χ0n) is 29.2. The fraction of sp³-hybridized carbons (Fsp3) is 0.500. The summed E-state index contributed by atoms with van der Waals surface area (Å²) in [5, 5.41) is 16.7. The summed E-state index contributed by atoms with van der Waals surface area (Å²) in [4.78, 5) is 58.9. The Morgan fingerprint density at radius 1 is 0.981 bits per heavy atom. The van der Waals surface area contributed by atoms with Gasteiger partial charge in [-0.3, -0.25) is 14.6 Å². The first-order valence-corrected chi connectivity index (χ1v) is 18.4. The van der Waals surface area contributed by atoms with Gasteiger partial charge in [0.1, 0.15) is 11.6 Å². The number of halogens is 3. The van der Waals surface area contributed by atoms with Gasteiger partial charge in [0.25, 0.3) is 0 Å². The van der Waals surface area contributed by atoms with Crippen LogP contribution in [0.4, 0.5) is 18.0 Å². The second-order valence-corrected chi connectivity index (χ2v) is 14.1. The van der Waals surface area contributed by atoms with Crippen LogP contribution in [-0.2, 0) is 19.9 Å². The molecule has 2 atom stereocenters. The molecule has 0 bridgehead atoms. The normalized spacial score (nSPS) is 17.0. The standard InChI is InChI=1S/C34H45N7O4S.C2HF3O2/c35-32(36)38-19-9-15-26(29(42)31-40-25-14-7-8-16-28(25)46-31)39-30(43)27(22-23-10-3-1-4-11-23)41-33(44)45-34(17-20-37-21-18-34)24-12-5-2-6-13-24;3-2(4,5)1(6)7/h2,5-8,12-14,16,23,26-27,37H,1,3-4,9-11,15,17-22H2,(H,39,43)(H,41,44)(H4,35,36,38);(H,6,7)/t26-,27-;/m0./s1. The molecular formula is C36H46F3N7O6S. The molecular weight excluding hydrogens is 716 g/mol. The molecule has 1 saturated carbocycles. The van der Waals surface area contributed by atoms with E-state index in [0.717, 1.165) is 41.5 Å². The van der Waals surface area contributed by atoms with Gasteiger partial charge in [-0.2, -0.15) is 13.2 Å². The third-order valence-electron chi connectivity index (χ3n) is 9.23. The Bertz CT molecular complexity index is 1670. The van der Waals surface area contributed by atoms with Crippen molar-refractivity contribution < 1.29 is 42.2 Å². The average Bonchev–Trinajstić information content (AvgIpc) is 3.58. The van der Waals surface area contributed by atoms with Crippen molar-refractivity contribution >= 4 is 51.3 Å². The molecule has 53 heavy (non-hydrogen) atoms. The van der Waals surface area contributed by atoms with Crippen LogP contribution in [0.15, 0.2) is 59.6 Å². The Kier molecular flexibility index (Phi) is 15.0.